The molecule has 0 N–H and O–H groups in total. The van der Waals surface area contributed by atoms with Crippen molar-refractivity contribution in [3.05, 3.63) is 255 Å². The lowest BCUT2D eigenvalue weighted by atomic mass is 10.00. The van der Waals surface area contributed by atoms with Gasteiger partial charge in [0.2, 0.25) is 5.89 Å². The average Bonchev–Trinajstić information content (AvgIpc) is 3.97. The fraction of sp³-hybridized carbons (Fsp3) is 0. The van der Waals surface area contributed by atoms with Crippen LogP contribution in [0, 0.1) is 0 Å². The minimum absolute atomic E-state index is 0.632. The molecule has 10 aromatic carbocycles. The maximum Gasteiger partial charge on any atom is 0.227 e. The summed E-state index contributed by atoms with van der Waals surface area (Å²) >= 11 is 0. The highest BCUT2D eigenvalue weighted by Crippen LogP contribution is 2.43. The third-order valence-corrected chi connectivity index (χ3v) is 12.4. The third-order valence-electron chi connectivity index (χ3n) is 12.4. The minimum Gasteiger partial charge on any atom is -0.436 e. The molecule has 0 bridgehead atoms. The summed E-state index contributed by atoms with van der Waals surface area (Å²) in [5.41, 5.74) is 17.0. The van der Waals surface area contributed by atoms with Crippen LogP contribution >= 0.6 is 0 Å². The zero-order valence-corrected chi connectivity index (χ0v) is 35.9. The van der Waals surface area contributed by atoms with Crippen molar-refractivity contribution in [3.8, 4) is 39.4 Å². The monoisotopic (exact) mass is 846 g/mol. The number of nitrogens with zero attached hydrogens (tertiary/aromatic N) is 4. The van der Waals surface area contributed by atoms with Crippen molar-refractivity contribution in [1.82, 2.24) is 9.55 Å². The SMILES string of the molecule is c1ccc(-c2nc3ccc(-c4ccc(-c5ccc(-n6c7ccc(N(c8ccccc8)c8ccccc8)cc7c7cc(N(c8ccccc8)c8ccccc8)ccc76)cc5)cc4)cc3o2)cc1. The highest BCUT2D eigenvalue weighted by atomic mass is 16.3. The molecule has 0 saturated carbocycles. The van der Waals surface area contributed by atoms with E-state index in [2.05, 4.69) is 233 Å². The first kappa shape index (κ1) is 38.7. The first-order valence-electron chi connectivity index (χ1n) is 22.3. The Bertz CT molecular complexity index is 3390. The van der Waals surface area contributed by atoms with Gasteiger partial charge in [0.1, 0.15) is 5.52 Å². The average molecular weight is 847 g/mol. The van der Waals surface area contributed by atoms with Crippen LogP contribution in [-0.2, 0) is 0 Å². The second kappa shape index (κ2) is 16.6. The number of para-hydroxylation sites is 4. The van der Waals surface area contributed by atoms with Gasteiger partial charge in [-0.25, -0.2) is 4.98 Å². The molecule has 0 unspecified atom stereocenters. The number of hydrogen-bond acceptors (Lipinski definition) is 4. The smallest absolute Gasteiger partial charge is 0.227 e. The lowest BCUT2D eigenvalue weighted by Gasteiger charge is -2.26. The molecule has 0 aliphatic rings. The number of aromatic nitrogens is 2. The van der Waals surface area contributed by atoms with Gasteiger partial charge in [-0.05, 0) is 144 Å². The summed E-state index contributed by atoms with van der Waals surface area (Å²) in [6.07, 6.45) is 0. The molecule has 66 heavy (non-hydrogen) atoms. The van der Waals surface area contributed by atoms with Crippen LogP contribution in [0.4, 0.5) is 34.1 Å². The topological polar surface area (TPSA) is 37.4 Å². The van der Waals surface area contributed by atoms with Gasteiger partial charge < -0.3 is 18.8 Å². The van der Waals surface area contributed by atoms with E-state index >= 15 is 0 Å². The third kappa shape index (κ3) is 7.15. The summed E-state index contributed by atoms with van der Waals surface area (Å²) in [5, 5.41) is 2.34. The van der Waals surface area contributed by atoms with E-state index in [4.69, 9.17) is 9.40 Å². The molecule has 0 fully saturated rings. The Morgan fingerprint density at radius 3 is 1.17 bits per heavy atom. The highest BCUT2D eigenvalue weighted by molar-refractivity contribution is 6.12. The maximum absolute atomic E-state index is 6.19. The number of oxazole rings is 1. The van der Waals surface area contributed by atoms with E-state index in [9.17, 15) is 0 Å². The van der Waals surface area contributed by atoms with E-state index in [1.54, 1.807) is 0 Å². The second-order valence-corrected chi connectivity index (χ2v) is 16.4. The quantitative estimate of drug-likeness (QED) is 0.137. The molecule has 12 aromatic rings. The van der Waals surface area contributed by atoms with Crippen molar-refractivity contribution in [2.75, 3.05) is 9.80 Å². The molecule has 0 atom stereocenters. The number of rotatable bonds is 10. The van der Waals surface area contributed by atoms with Gasteiger partial charge in [0.15, 0.2) is 5.58 Å². The first-order valence-corrected chi connectivity index (χ1v) is 22.3. The zero-order chi connectivity index (χ0) is 43.8. The Hall–Kier alpha value is -8.93. The van der Waals surface area contributed by atoms with E-state index < -0.39 is 0 Å². The van der Waals surface area contributed by atoms with Gasteiger partial charge in [-0.2, -0.15) is 0 Å². The van der Waals surface area contributed by atoms with E-state index in [-0.39, 0.29) is 0 Å². The summed E-state index contributed by atoms with van der Waals surface area (Å²) in [5.74, 6) is 0.632. The molecular formula is C61H42N4O. The second-order valence-electron chi connectivity index (χ2n) is 16.4. The fourth-order valence-electron chi connectivity index (χ4n) is 9.22. The number of hydrogen-bond donors (Lipinski definition) is 0. The Morgan fingerprint density at radius 2 is 0.712 bits per heavy atom. The van der Waals surface area contributed by atoms with Crippen molar-refractivity contribution in [2.45, 2.75) is 0 Å². The van der Waals surface area contributed by atoms with Crippen LogP contribution in [0.5, 0.6) is 0 Å². The van der Waals surface area contributed by atoms with Crippen molar-refractivity contribution < 1.29 is 4.42 Å². The Morgan fingerprint density at radius 1 is 0.318 bits per heavy atom. The van der Waals surface area contributed by atoms with E-state index in [1.165, 1.54) is 10.8 Å². The maximum atomic E-state index is 6.19. The highest BCUT2D eigenvalue weighted by Gasteiger charge is 2.20. The first-order chi connectivity index (χ1) is 32.7. The van der Waals surface area contributed by atoms with E-state index in [0.717, 1.165) is 89.8 Å². The number of fused-ring (bicyclic) bond motifs is 4. The van der Waals surface area contributed by atoms with Crippen LogP contribution < -0.4 is 9.80 Å². The lowest BCUT2D eigenvalue weighted by molar-refractivity contribution is 0.620. The van der Waals surface area contributed by atoms with Gasteiger partial charge in [0.25, 0.3) is 0 Å². The Kier molecular flexibility index (Phi) is 9.77. The van der Waals surface area contributed by atoms with Crippen molar-refractivity contribution >= 4 is 67.0 Å². The molecule has 0 radical (unpaired) electrons. The predicted molar refractivity (Wildman–Crippen MR) is 274 cm³/mol. The van der Waals surface area contributed by atoms with Crippen LogP contribution in [0.25, 0.3) is 72.3 Å². The molecule has 2 aromatic heterocycles. The van der Waals surface area contributed by atoms with Gasteiger partial charge in [-0.1, -0.05) is 133 Å². The lowest BCUT2D eigenvalue weighted by Crippen LogP contribution is -2.09. The van der Waals surface area contributed by atoms with Crippen molar-refractivity contribution in [1.29, 1.82) is 0 Å². The zero-order valence-electron chi connectivity index (χ0n) is 35.9. The molecule has 312 valence electrons. The van der Waals surface area contributed by atoms with Crippen LogP contribution in [0.3, 0.4) is 0 Å². The molecule has 0 spiro atoms. The summed E-state index contributed by atoms with van der Waals surface area (Å²) in [4.78, 5) is 9.39. The Balaban J connectivity index is 0.942. The van der Waals surface area contributed by atoms with Crippen LogP contribution in [-0.4, -0.2) is 9.55 Å². The van der Waals surface area contributed by atoms with Gasteiger partial charge in [0, 0.05) is 56.1 Å². The summed E-state index contributed by atoms with van der Waals surface area (Å²) in [6.45, 7) is 0. The van der Waals surface area contributed by atoms with Crippen LogP contribution in [0.1, 0.15) is 0 Å². The molecule has 5 heteroatoms. The minimum atomic E-state index is 0.632. The van der Waals surface area contributed by atoms with Gasteiger partial charge >= 0.3 is 0 Å². The molecule has 0 amide bonds. The standard InChI is InChI=1S/C61H42N4O/c1-6-16-46(17-7-1)61-62-57-37-32-47(40-60(57)66-61)45-28-26-43(27-29-45)44-30-33-52(34-31-44)65-58-38-35-53(63(48-18-8-2-9-19-48)49-20-10-3-11-21-49)41-55(58)56-42-54(36-39-59(56)65)64(50-22-12-4-13-23-50)51-24-14-5-15-25-51/h1-42H. The Labute approximate surface area is 383 Å². The van der Waals surface area contributed by atoms with E-state index in [0.29, 0.717) is 5.89 Å². The van der Waals surface area contributed by atoms with Crippen molar-refractivity contribution in [3.63, 3.8) is 0 Å². The molecule has 0 saturated heterocycles. The van der Waals surface area contributed by atoms with E-state index in [1.807, 2.05) is 36.4 Å². The molecular weight excluding hydrogens is 805 g/mol. The van der Waals surface area contributed by atoms with Crippen LogP contribution in [0.2, 0.25) is 0 Å². The molecule has 0 aliphatic carbocycles. The summed E-state index contributed by atoms with van der Waals surface area (Å²) in [7, 11) is 0. The van der Waals surface area contributed by atoms with Crippen molar-refractivity contribution in [2.24, 2.45) is 0 Å². The molecule has 0 aliphatic heterocycles. The van der Waals surface area contributed by atoms with Gasteiger partial charge in [0.05, 0.1) is 11.0 Å². The van der Waals surface area contributed by atoms with Crippen LogP contribution in [0.15, 0.2) is 259 Å². The van der Waals surface area contributed by atoms with Gasteiger partial charge in [-0.3, -0.25) is 0 Å². The molecule has 12 rings (SSSR count). The largest absolute Gasteiger partial charge is 0.436 e. The predicted octanol–water partition coefficient (Wildman–Crippen LogP) is 16.9. The normalized spacial score (nSPS) is 11.3. The molecule has 5 nitrogen and oxygen atoms in total. The summed E-state index contributed by atoms with van der Waals surface area (Å²) in [6, 6.07) is 90.2. The molecule has 2 heterocycles. The summed E-state index contributed by atoms with van der Waals surface area (Å²) < 4.78 is 8.59. The fourth-order valence-corrected chi connectivity index (χ4v) is 9.22. The number of benzene rings is 10. The number of anilines is 6. The van der Waals surface area contributed by atoms with Gasteiger partial charge in [-0.15, -0.1) is 0 Å².